The van der Waals surface area contributed by atoms with Gasteiger partial charge in [-0.05, 0) is 62.6 Å². The highest BCUT2D eigenvalue weighted by atomic mass is 19.1. The summed E-state index contributed by atoms with van der Waals surface area (Å²) >= 11 is 0. The number of nitrogens with one attached hydrogen (secondary N) is 2. The van der Waals surface area contributed by atoms with Crippen LogP contribution in [0.1, 0.15) is 38.2 Å². The van der Waals surface area contributed by atoms with E-state index in [1.165, 1.54) is 18.5 Å². The van der Waals surface area contributed by atoms with Crippen LogP contribution in [0.15, 0.2) is 41.1 Å². The maximum atomic E-state index is 16.2. The molecule has 0 spiro atoms. The van der Waals surface area contributed by atoms with Crippen LogP contribution in [-0.4, -0.2) is 28.6 Å². The third-order valence-electron chi connectivity index (χ3n) is 8.06. The fourth-order valence-electron chi connectivity index (χ4n) is 6.36. The summed E-state index contributed by atoms with van der Waals surface area (Å²) in [5.74, 6) is -3.09. The Balaban J connectivity index is 1.54. The molecule has 2 unspecified atom stereocenters. The number of pyridine rings is 1. The van der Waals surface area contributed by atoms with Crippen molar-refractivity contribution in [1.29, 1.82) is 5.26 Å². The number of aromatic nitrogens is 2. The van der Waals surface area contributed by atoms with Crippen LogP contribution in [0.5, 0.6) is 0 Å². The second-order valence-corrected chi connectivity index (χ2v) is 10.1. The largest absolute Gasteiger partial charge is 0.466 e. The lowest BCUT2D eigenvalue weighted by Crippen LogP contribution is -2.52. The molecule has 3 saturated carbocycles. The van der Waals surface area contributed by atoms with Crippen LogP contribution in [0.2, 0.25) is 0 Å². The van der Waals surface area contributed by atoms with Gasteiger partial charge in [-0.25, -0.2) is 18.2 Å². The van der Waals surface area contributed by atoms with Crippen LogP contribution < -0.4 is 5.32 Å². The van der Waals surface area contributed by atoms with E-state index < -0.39 is 29.4 Å². The maximum Gasteiger partial charge on any atom is 0.311 e. The van der Waals surface area contributed by atoms with E-state index in [1.807, 2.05) is 6.07 Å². The van der Waals surface area contributed by atoms with E-state index in [-0.39, 0.29) is 69.3 Å². The van der Waals surface area contributed by atoms with Crippen molar-refractivity contribution in [3.05, 3.63) is 59.7 Å². The number of esters is 1. The highest BCUT2D eigenvalue weighted by Crippen LogP contribution is 2.48. The van der Waals surface area contributed by atoms with Crippen molar-refractivity contribution in [3.63, 3.8) is 0 Å². The molecule has 200 valence electrons. The Morgan fingerprint density at radius 2 is 2.00 bits per heavy atom. The van der Waals surface area contributed by atoms with Gasteiger partial charge in [0.1, 0.15) is 23.5 Å². The fraction of sp³-hybridized carbons (Fsp3) is 0.345. The molecule has 0 radical (unpaired) electrons. The second-order valence-electron chi connectivity index (χ2n) is 10.1. The van der Waals surface area contributed by atoms with E-state index in [2.05, 4.69) is 15.3 Å². The number of H-pyrrole nitrogens is 1. The molecule has 0 saturated heterocycles. The minimum atomic E-state index is -0.813. The predicted octanol–water partition coefficient (Wildman–Crippen LogP) is 6.56. The van der Waals surface area contributed by atoms with Crippen LogP contribution in [-0.2, 0) is 9.53 Å². The molecule has 3 aliphatic carbocycles. The number of benzene rings is 1. The lowest BCUT2D eigenvalue weighted by molar-refractivity contribution is -0.154. The first-order valence-electron chi connectivity index (χ1n) is 13.0. The van der Waals surface area contributed by atoms with E-state index in [0.29, 0.717) is 0 Å². The van der Waals surface area contributed by atoms with Gasteiger partial charge in [-0.15, -0.1) is 0 Å². The number of rotatable bonds is 6. The van der Waals surface area contributed by atoms with E-state index in [9.17, 15) is 18.8 Å². The van der Waals surface area contributed by atoms with Gasteiger partial charge in [0.2, 0.25) is 0 Å². The van der Waals surface area contributed by atoms with Crippen molar-refractivity contribution in [1.82, 2.24) is 9.97 Å². The Morgan fingerprint density at radius 1 is 1.23 bits per heavy atom. The number of carbonyl (C=O) groups is 1. The summed E-state index contributed by atoms with van der Waals surface area (Å²) in [5, 5.41) is 13.5. The monoisotopic (exact) mass is 534 g/mol. The zero-order valence-corrected chi connectivity index (χ0v) is 21.1. The molecular formula is C29H25F3N4O3. The van der Waals surface area contributed by atoms with Crippen LogP contribution in [0.3, 0.4) is 0 Å². The summed E-state index contributed by atoms with van der Waals surface area (Å²) in [6.07, 6.45) is 6.32. The second kappa shape index (κ2) is 9.80. The van der Waals surface area contributed by atoms with Gasteiger partial charge in [-0.1, -0.05) is 0 Å². The number of carbonyl (C=O) groups excluding carboxylic acids is 1. The number of ether oxygens (including phenoxy) is 1. The van der Waals surface area contributed by atoms with Gasteiger partial charge in [0, 0.05) is 29.3 Å². The molecule has 10 heteroatoms. The first-order chi connectivity index (χ1) is 18.9. The Bertz CT molecular complexity index is 1600. The number of fused-ring (bicyclic) bond motifs is 4. The number of nitrogens with zero attached hydrogens (tertiary/aromatic N) is 2. The molecule has 3 fully saturated rings. The SMILES string of the molecule is CCOC(=O)C1C2CCC(CC2)C1Nc1nc(-c2c[nH]c3c(F)cc(F)cc23)c(C#N)c(-c2ccco2)c1F. The van der Waals surface area contributed by atoms with Gasteiger partial charge in [-0.3, -0.25) is 4.79 Å². The molecule has 7 nitrogen and oxygen atoms in total. The quantitative estimate of drug-likeness (QED) is 0.272. The molecule has 2 bridgehead atoms. The van der Waals surface area contributed by atoms with Gasteiger partial charge in [0.15, 0.2) is 11.6 Å². The Kier molecular flexibility index (Phi) is 6.29. The van der Waals surface area contributed by atoms with Crippen LogP contribution in [0.25, 0.3) is 33.5 Å². The third kappa shape index (κ3) is 4.13. The van der Waals surface area contributed by atoms with Gasteiger partial charge in [0.25, 0.3) is 0 Å². The summed E-state index contributed by atoms with van der Waals surface area (Å²) in [6, 6.07) is 6.55. The van der Waals surface area contributed by atoms with Crippen molar-refractivity contribution < 1.29 is 27.1 Å². The van der Waals surface area contributed by atoms with Crippen LogP contribution in [0, 0.1) is 46.5 Å². The van der Waals surface area contributed by atoms with Crippen LogP contribution in [0.4, 0.5) is 19.0 Å². The smallest absolute Gasteiger partial charge is 0.311 e. The highest BCUT2D eigenvalue weighted by Gasteiger charge is 2.48. The van der Waals surface area contributed by atoms with Crippen molar-refractivity contribution in [2.45, 2.75) is 38.6 Å². The summed E-state index contributed by atoms with van der Waals surface area (Å²) in [5.41, 5.74) is 0.00334. The number of aromatic amines is 1. The minimum absolute atomic E-state index is 0.0257. The van der Waals surface area contributed by atoms with Crippen molar-refractivity contribution >= 4 is 22.7 Å². The number of nitriles is 1. The first-order valence-corrected chi connectivity index (χ1v) is 13.0. The molecule has 39 heavy (non-hydrogen) atoms. The Labute approximate surface area is 222 Å². The molecule has 3 aromatic heterocycles. The molecule has 0 amide bonds. The first kappa shape index (κ1) is 25.0. The van der Waals surface area contributed by atoms with E-state index in [0.717, 1.165) is 37.8 Å². The Hall–Kier alpha value is -4.26. The van der Waals surface area contributed by atoms with Gasteiger partial charge < -0.3 is 19.5 Å². The molecular weight excluding hydrogens is 509 g/mol. The third-order valence-corrected chi connectivity index (χ3v) is 8.06. The number of anilines is 1. The lowest BCUT2D eigenvalue weighted by Gasteiger charge is -2.47. The molecule has 1 aromatic carbocycles. The number of hydrogen-bond donors (Lipinski definition) is 2. The molecule has 7 rings (SSSR count). The molecule has 0 aliphatic heterocycles. The average molecular weight is 535 g/mol. The predicted molar refractivity (Wildman–Crippen MR) is 137 cm³/mol. The van der Waals surface area contributed by atoms with Crippen molar-refractivity contribution in [3.8, 4) is 28.7 Å². The van der Waals surface area contributed by atoms with Crippen molar-refractivity contribution in [2.24, 2.45) is 17.8 Å². The molecule has 3 aliphatic rings. The number of halogens is 3. The summed E-state index contributed by atoms with van der Waals surface area (Å²) < 4.78 is 55.8. The van der Waals surface area contributed by atoms with Gasteiger partial charge in [0.05, 0.1) is 41.1 Å². The normalized spacial score (nSPS) is 22.1. The topological polar surface area (TPSA) is 104 Å². The Morgan fingerprint density at radius 3 is 2.69 bits per heavy atom. The minimum Gasteiger partial charge on any atom is -0.466 e. The zero-order valence-electron chi connectivity index (χ0n) is 21.1. The molecule has 2 atom stereocenters. The molecule has 2 N–H and O–H groups in total. The van der Waals surface area contributed by atoms with E-state index >= 15 is 4.39 Å². The lowest BCUT2D eigenvalue weighted by atomic mass is 9.61. The summed E-state index contributed by atoms with van der Waals surface area (Å²) in [7, 11) is 0. The van der Waals surface area contributed by atoms with E-state index in [1.54, 1.807) is 13.0 Å². The molecule has 4 aromatic rings. The van der Waals surface area contributed by atoms with Gasteiger partial charge in [-0.2, -0.15) is 5.26 Å². The number of furan rings is 1. The summed E-state index contributed by atoms with van der Waals surface area (Å²) in [4.78, 5) is 20.3. The van der Waals surface area contributed by atoms with Gasteiger partial charge >= 0.3 is 5.97 Å². The molecule has 3 heterocycles. The summed E-state index contributed by atoms with van der Waals surface area (Å²) in [6.45, 7) is 1.99. The maximum absolute atomic E-state index is 16.2. The van der Waals surface area contributed by atoms with Crippen LogP contribution >= 0.6 is 0 Å². The zero-order chi connectivity index (χ0) is 27.3. The number of hydrogen-bond acceptors (Lipinski definition) is 6. The van der Waals surface area contributed by atoms with Crippen molar-refractivity contribution in [2.75, 3.05) is 11.9 Å². The standard InChI is InChI=1S/C29H25F3N4O3/c1-2-38-29(37)22-14-5-7-15(8-6-14)25(22)35-28-24(32)23(21-4-3-9-39-21)18(12-33)26(36-28)19-13-34-27-17(19)10-16(30)11-20(27)31/h3-4,9-11,13-15,22,25,34H,2,5-8H2,1H3,(H,35,36). The van der Waals surface area contributed by atoms with E-state index in [4.69, 9.17) is 9.15 Å². The fourth-order valence-corrected chi connectivity index (χ4v) is 6.36. The highest BCUT2D eigenvalue weighted by molar-refractivity contribution is 5.98. The average Bonchev–Trinajstić information content (AvgIpc) is 3.61.